The number of rotatable bonds is 4. The van der Waals surface area contributed by atoms with Gasteiger partial charge < -0.3 is 9.80 Å². The quantitative estimate of drug-likeness (QED) is 0.612. The fraction of sp³-hybridized carbons (Fsp3) is 0.250. The summed E-state index contributed by atoms with van der Waals surface area (Å²) in [5.74, 6) is -0.146. The van der Waals surface area contributed by atoms with E-state index in [0.29, 0.717) is 23.1 Å². The molecule has 2 unspecified atom stereocenters. The van der Waals surface area contributed by atoms with Gasteiger partial charge in [-0.2, -0.15) is 0 Å². The maximum Gasteiger partial charge on any atom is 0.246 e. The van der Waals surface area contributed by atoms with Crippen LogP contribution in [0.1, 0.15) is 25.0 Å². The zero-order valence-electron chi connectivity index (χ0n) is 17.0. The van der Waals surface area contributed by atoms with Crippen molar-refractivity contribution in [3.05, 3.63) is 81.9 Å². The van der Waals surface area contributed by atoms with Gasteiger partial charge in [-0.25, -0.2) is 0 Å². The number of hydrogen-bond donors (Lipinski definition) is 0. The molecule has 0 saturated carbocycles. The average Bonchev–Trinajstić information content (AvgIpc) is 2.71. The van der Waals surface area contributed by atoms with Gasteiger partial charge >= 0.3 is 0 Å². The van der Waals surface area contributed by atoms with Gasteiger partial charge in [0, 0.05) is 47.4 Å². The van der Waals surface area contributed by atoms with Gasteiger partial charge in [-0.15, -0.1) is 0 Å². The largest absolute Gasteiger partial charge is 0.333 e. The summed E-state index contributed by atoms with van der Waals surface area (Å²) in [6.07, 6.45) is 6.64. The van der Waals surface area contributed by atoms with Crippen LogP contribution in [0, 0.1) is 0 Å². The third-order valence-electron chi connectivity index (χ3n) is 5.09. The van der Waals surface area contributed by atoms with Crippen molar-refractivity contribution >= 4 is 47.2 Å². The number of carbonyl (C=O) groups excluding carboxylic acids is 2. The van der Waals surface area contributed by atoms with E-state index in [1.165, 1.54) is 0 Å². The van der Waals surface area contributed by atoms with E-state index < -0.39 is 0 Å². The number of carbonyl (C=O) groups is 2. The molecule has 2 aromatic carbocycles. The lowest BCUT2D eigenvalue weighted by molar-refractivity contribution is -0.139. The first-order chi connectivity index (χ1) is 14.3. The third-order valence-corrected chi connectivity index (χ3v) is 5.56. The highest BCUT2D eigenvalue weighted by molar-refractivity contribution is 6.31. The Balaban J connectivity index is 1.63. The predicted octanol–water partition coefficient (Wildman–Crippen LogP) is 5.17. The molecule has 0 spiro atoms. The number of benzene rings is 2. The van der Waals surface area contributed by atoms with Crippen molar-refractivity contribution in [3.8, 4) is 0 Å². The molecule has 1 fully saturated rings. The molecule has 1 saturated heterocycles. The minimum absolute atomic E-state index is 0.0732. The average molecular weight is 443 g/mol. The summed E-state index contributed by atoms with van der Waals surface area (Å²) >= 11 is 12.0. The minimum atomic E-state index is -0.0822. The summed E-state index contributed by atoms with van der Waals surface area (Å²) in [4.78, 5) is 29.0. The lowest BCUT2D eigenvalue weighted by atomic mass is 10.1. The number of halogens is 2. The second kappa shape index (κ2) is 9.96. The summed E-state index contributed by atoms with van der Waals surface area (Å²) in [5.41, 5.74) is 1.74. The summed E-state index contributed by atoms with van der Waals surface area (Å²) in [6, 6.07) is 14.5. The summed E-state index contributed by atoms with van der Waals surface area (Å²) in [7, 11) is 0. The molecule has 2 aromatic rings. The maximum absolute atomic E-state index is 12.7. The van der Waals surface area contributed by atoms with Crippen LogP contribution in [0.3, 0.4) is 0 Å². The molecule has 0 aromatic heterocycles. The van der Waals surface area contributed by atoms with Gasteiger partial charge in [0.15, 0.2) is 0 Å². The first-order valence-corrected chi connectivity index (χ1v) is 10.6. The van der Waals surface area contributed by atoms with Crippen molar-refractivity contribution in [2.45, 2.75) is 25.9 Å². The topological polar surface area (TPSA) is 40.6 Å². The van der Waals surface area contributed by atoms with E-state index in [-0.39, 0.29) is 23.9 Å². The molecular formula is C24H24Cl2N2O2. The summed E-state index contributed by atoms with van der Waals surface area (Å²) in [5, 5.41) is 1.26. The molecule has 1 heterocycles. The van der Waals surface area contributed by atoms with E-state index in [0.717, 1.165) is 11.1 Å². The van der Waals surface area contributed by atoms with Crippen LogP contribution in [-0.4, -0.2) is 46.8 Å². The Bertz CT molecular complexity index is 907. The van der Waals surface area contributed by atoms with Crippen molar-refractivity contribution in [3.63, 3.8) is 0 Å². The van der Waals surface area contributed by atoms with Crippen LogP contribution in [0.5, 0.6) is 0 Å². The number of hydrogen-bond acceptors (Lipinski definition) is 2. The first kappa shape index (κ1) is 22.1. The van der Waals surface area contributed by atoms with Gasteiger partial charge in [0.25, 0.3) is 0 Å². The number of piperazine rings is 1. The van der Waals surface area contributed by atoms with Crippen LogP contribution in [-0.2, 0) is 9.59 Å². The predicted molar refractivity (Wildman–Crippen MR) is 123 cm³/mol. The summed E-state index contributed by atoms with van der Waals surface area (Å²) < 4.78 is 0. The number of amides is 2. The van der Waals surface area contributed by atoms with E-state index in [4.69, 9.17) is 23.2 Å². The van der Waals surface area contributed by atoms with Gasteiger partial charge in [-0.05, 0) is 61.4 Å². The van der Waals surface area contributed by atoms with Crippen LogP contribution in [0.25, 0.3) is 12.2 Å². The highest BCUT2D eigenvalue weighted by atomic mass is 35.5. The van der Waals surface area contributed by atoms with E-state index >= 15 is 0 Å². The molecule has 3 rings (SSSR count). The van der Waals surface area contributed by atoms with E-state index in [1.54, 1.807) is 58.4 Å². The lowest BCUT2D eigenvalue weighted by Gasteiger charge is -2.43. The van der Waals surface area contributed by atoms with E-state index in [1.807, 2.05) is 38.1 Å². The molecular weight excluding hydrogens is 419 g/mol. The van der Waals surface area contributed by atoms with Crippen molar-refractivity contribution in [1.82, 2.24) is 9.80 Å². The molecule has 2 atom stereocenters. The van der Waals surface area contributed by atoms with E-state index in [9.17, 15) is 9.59 Å². The van der Waals surface area contributed by atoms with Crippen molar-refractivity contribution in [2.75, 3.05) is 13.1 Å². The fourth-order valence-corrected chi connectivity index (χ4v) is 3.89. The van der Waals surface area contributed by atoms with Gasteiger partial charge in [-0.3, -0.25) is 9.59 Å². The summed E-state index contributed by atoms with van der Waals surface area (Å²) in [6.45, 7) is 4.88. The second-order valence-electron chi connectivity index (χ2n) is 7.46. The fourth-order valence-electron chi connectivity index (χ4n) is 3.49. The zero-order valence-corrected chi connectivity index (χ0v) is 18.5. The SMILES string of the molecule is CC1CN(C(=O)C=Cc2cccc(Cl)c2)C(C)CN1C(=O)C=Cc1cccc(Cl)c1. The molecule has 0 bridgehead atoms. The van der Waals surface area contributed by atoms with E-state index in [2.05, 4.69) is 0 Å². The zero-order chi connectivity index (χ0) is 21.7. The molecule has 0 radical (unpaired) electrons. The molecule has 30 heavy (non-hydrogen) atoms. The van der Waals surface area contributed by atoms with Crippen molar-refractivity contribution in [2.24, 2.45) is 0 Å². The van der Waals surface area contributed by atoms with Crippen LogP contribution < -0.4 is 0 Å². The highest BCUT2D eigenvalue weighted by Crippen LogP contribution is 2.18. The maximum atomic E-state index is 12.7. The van der Waals surface area contributed by atoms with Gasteiger partial charge in [0.2, 0.25) is 11.8 Å². The van der Waals surface area contributed by atoms with Crippen LogP contribution in [0.2, 0.25) is 10.0 Å². The van der Waals surface area contributed by atoms with Gasteiger partial charge in [0.05, 0.1) is 0 Å². The Morgan fingerprint density at radius 2 is 1.20 bits per heavy atom. The Morgan fingerprint density at radius 3 is 1.57 bits per heavy atom. The molecule has 0 aliphatic carbocycles. The Labute approximate surface area is 187 Å². The molecule has 1 aliphatic heterocycles. The Hall–Kier alpha value is -2.56. The molecule has 0 N–H and O–H groups in total. The first-order valence-electron chi connectivity index (χ1n) is 9.82. The molecule has 1 aliphatic rings. The molecule has 156 valence electrons. The lowest BCUT2D eigenvalue weighted by Crippen LogP contribution is -2.59. The van der Waals surface area contributed by atoms with Crippen LogP contribution in [0.4, 0.5) is 0 Å². The number of nitrogens with zero attached hydrogens (tertiary/aromatic N) is 2. The van der Waals surface area contributed by atoms with Gasteiger partial charge in [-0.1, -0.05) is 47.5 Å². The molecule has 6 heteroatoms. The second-order valence-corrected chi connectivity index (χ2v) is 8.33. The standard InChI is InChI=1S/C24H24Cl2N2O2/c1-17-15-28(24(30)12-10-20-6-4-8-22(26)14-20)18(2)16-27(17)23(29)11-9-19-5-3-7-21(25)13-19/h3-14,17-18H,15-16H2,1-2H3. The minimum Gasteiger partial charge on any atom is -0.333 e. The van der Waals surface area contributed by atoms with Crippen LogP contribution >= 0.6 is 23.2 Å². The van der Waals surface area contributed by atoms with Crippen molar-refractivity contribution < 1.29 is 9.59 Å². The third kappa shape index (κ3) is 5.74. The molecule has 2 amide bonds. The molecule has 4 nitrogen and oxygen atoms in total. The normalized spacial score (nSPS) is 19.6. The van der Waals surface area contributed by atoms with Crippen molar-refractivity contribution in [1.29, 1.82) is 0 Å². The smallest absolute Gasteiger partial charge is 0.246 e. The Kier molecular flexibility index (Phi) is 7.35. The van der Waals surface area contributed by atoms with Crippen LogP contribution in [0.15, 0.2) is 60.7 Å². The Morgan fingerprint density at radius 1 is 0.800 bits per heavy atom. The highest BCUT2D eigenvalue weighted by Gasteiger charge is 2.32. The van der Waals surface area contributed by atoms with Gasteiger partial charge in [0.1, 0.15) is 0 Å². The monoisotopic (exact) mass is 442 g/mol.